The van der Waals surface area contributed by atoms with Crippen molar-refractivity contribution in [3.63, 3.8) is 0 Å². The molecular formula is C22H31NO11. The summed E-state index contributed by atoms with van der Waals surface area (Å²) >= 11 is 0. The Morgan fingerprint density at radius 1 is 1.18 bits per heavy atom. The molecule has 1 aromatic rings. The number of carboxylic acids is 2. The van der Waals surface area contributed by atoms with E-state index < -0.39 is 24.1 Å². The number of aliphatic hydroxyl groups is 2. The van der Waals surface area contributed by atoms with Crippen molar-refractivity contribution < 1.29 is 55.2 Å². The lowest BCUT2D eigenvalue weighted by Gasteiger charge is -2.57. The van der Waals surface area contributed by atoms with E-state index in [0.717, 1.165) is 37.3 Å². The van der Waals surface area contributed by atoms with Crippen molar-refractivity contribution in [3.05, 3.63) is 23.3 Å². The van der Waals surface area contributed by atoms with Crippen LogP contribution in [0.5, 0.6) is 11.5 Å². The number of benzene rings is 1. The molecule has 1 spiro atoms. The fourth-order valence-electron chi connectivity index (χ4n) is 5.94. The number of nitrogens with zero attached hydrogens (tertiary/aromatic N) is 1. The average molecular weight is 485 g/mol. The second kappa shape index (κ2) is 9.84. The van der Waals surface area contributed by atoms with Crippen molar-refractivity contribution in [1.29, 1.82) is 0 Å². The van der Waals surface area contributed by atoms with E-state index >= 15 is 0 Å². The number of carboxylic acid groups (broad SMARTS) is 2. The minimum absolute atomic E-state index is 0. The van der Waals surface area contributed by atoms with Gasteiger partial charge < -0.3 is 45.8 Å². The number of ketones is 1. The number of aliphatic hydroxyl groups excluding tert-OH is 2. The van der Waals surface area contributed by atoms with E-state index in [0.29, 0.717) is 18.4 Å². The molecule has 5 rings (SSSR count). The van der Waals surface area contributed by atoms with Gasteiger partial charge in [0.05, 0.1) is 7.11 Å². The lowest BCUT2D eigenvalue weighted by molar-refractivity contribution is -0.165. The van der Waals surface area contributed by atoms with Gasteiger partial charge in [-0.2, -0.15) is 0 Å². The molecule has 12 heteroatoms. The molecule has 0 radical (unpaired) electrons. The Kier molecular flexibility index (Phi) is 7.95. The summed E-state index contributed by atoms with van der Waals surface area (Å²) in [6.07, 6.45) is -1.06. The molecule has 0 aromatic heterocycles. The van der Waals surface area contributed by atoms with Crippen LogP contribution in [0.3, 0.4) is 0 Å². The Morgan fingerprint density at radius 2 is 1.79 bits per heavy atom. The Bertz CT molecular complexity index is 948. The second-order valence-electron chi connectivity index (χ2n) is 8.85. The van der Waals surface area contributed by atoms with E-state index in [2.05, 4.69) is 18.0 Å². The van der Waals surface area contributed by atoms with E-state index in [1.54, 1.807) is 7.11 Å². The number of rotatable bonds is 4. The third kappa shape index (κ3) is 3.91. The zero-order valence-corrected chi connectivity index (χ0v) is 18.9. The fraction of sp³-hybridized carbons (Fsp3) is 0.591. The highest BCUT2D eigenvalue weighted by Crippen LogP contribution is 2.63. The number of Topliss-reactive ketones (excluding diaryl/α,β-unsaturated/α-hetero) is 1. The molecule has 2 aliphatic heterocycles. The standard InChI is InChI=1S/C18H21NO3.C4H6O6.2H2O/c1-19-8-7-18-11-4-5-13(20)17(18)22-16-14(21-2)6-3-10(15(16)18)9-12(11)19;5-1(3(7)8)2(6)4(9)10;;/h3,6,11-12,17H,4-5,7-9H2,1-2H3;1-2,5-6H,(H,7,8)(H,9,10);2*1H2/t11-,12+,17-,18-;;;/m0.../s1. The monoisotopic (exact) mass is 485 g/mol. The molecule has 34 heavy (non-hydrogen) atoms. The van der Waals surface area contributed by atoms with Crippen LogP contribution in [0.25, 0.3) is 0 Å². The maximum atomic E-state index is 12.6. The number of piperidine rings is 1. The van der Waals surface area contributed by atoms with E-state index in [1.807, 2.05) is 6.07 Å². The third-order valence-corrected chi connectivity index (χ3v) is 7.40. The van der Waals surface area contributed by atoms with Crippen LogP contribution >= 0.6 is 0 Å². The average Bonchev–Trinajstić information content (AvgIpc) is 3.12. The fourth-order valence-corrected chi connectivity index (χ4v) is 5.94. The molecule has 2 heterocycles. The number of likely N-dealkylation sites (N-methyl/N-ethyl adjacent to an activating group) is 1. The van der Waals surface area contributed by atoms with Gasteiger partial charge in [-0.3, -0.25) is 4.79 Å². The van der Waals surface area contributed by atoms with Gasteiger partial charge in [0.15, 0.2) is 35.6 Å². The molecule has 0 amide bonds. The number of methoxy groups -OCH3 is 1. The Hall–Kier alpha value is -2.77. The minimum Gasteiger partial charge on any atom is -0.493 e. The van der Waals surface area contributed by atoms with Crippen molar-refractivity contribution in [2.45, 2.75) is 55.5 Å². The molecule has 2 aliphatic carbocycles. The number of aliphatic carboxylic acids is 2. The Balaban J connectivity index is 0.000000297. The molecule has 2 bridgehead atoms. The van der Waals surface area contributed by atoms with E-state index in [1.165, 1.54) is 11.1 Å². The largest absolute Gasteiger partial charge is 0.493 e. The summed E-state index contributed by atoms with van der Waals surface area (Å²) in [7, 11) is 3.91. The molecule has 12 nitrogen and oxygen atoms in total. The summed E-state index contributed by atoms with van der Waals surface area (Å²) in [5.74, 6) is -1.08. The summed E-state index contributed by atoms with van der Waals surface area (Å²) in [6.45, 7) is 1.05. The number of carbonyl (C=O) groups is 3. The molecule has 4 aliphatic rings. The van der Waals surface area contributed by atoms with Gasteiger partial charge in [0.2, 0.25) is 0 Å². The Labute approximate surface area is 195 Å². The summed E-state index contributed by atoms with van der Waals surface area (Å²) < 4.78 is 11.8. The summed E-state index contributed by atoms with van der Waals surface area (Å²) in [6, 6.07) is 4.73. The van der Waals surface area contributed by atoms with Crippen molar-refractivity contribution in [2.24, 2.45) is 5.92 Å². The third-order valence-electron chi connectivity index (χ3n) is 7.40. The highest BCUT2D eigenvalue weighted by Gasteiger charge is 2.65. The zero-order valence-electron chi connectivity index (χ0n) is 18.9. The number of hydrogen-bond donors (Lipinski definition) is 4. The van der Waals surface area contributed by atoms with Gasteiger partial charge >= 0.3 is 11.9 Å². The van der Waals surface area contributed by atoms with Crippen LogP contribution in [-0.2, 0) is 26.2 Å². The predicted octanol–water partition coefficient (Wildman–Crippen LogP) is -1.84. The van der Waals surface area contributed by atoms with Crippen LogP contribution < -0.4 is 9.47 Å². The first-order chi connectivity index (χ1) is 15.1. The summed E-state index contributed by atoms with van der Waals surface area (Å²) in [5.41, 5.74) is 2.57. The molecule has 2 fully saturated rings. The first-order valence-corrected chi connectivity index (χ1v) is 10.5. The molecular weight excluding hydrogens is 454 g/mol. The van der Waals surface area contributed by atoms with Crippen molar-refractivity contribution >= 4 is 17.7 Å². The van der Waals surface area contributed by atoms with Gasteiger partial charge in [-0.15, -0.1) is 0 Å². The lowest BCUT2D eigenvalue weighted by atomic mass is 9.52. The molecule has 2 unspecified atom stereocenters. The molecule has 1 saturated carbocycles. The van der Waals surface area contributed by atoms with E-state index in [-0.39, 0.29) is 28.3 Å². The van der Waals surface area contributed by atoms with Crippen LogP contribution in [0.4, 0.5) is 0 Å². The van der Waals surface area contributed by atoms with Gasteiger partial charge in [-0.05, 0) is 50.4 Å². The van der Waals surface area contributed by atoms with Crippen LogP contribution in [-0.4, -0.2) is 99.1 Å². The smallest absolute Gasteiger partial charge is 0.335 e. The van der Waals surface area contributed by atoms with Gasteiger partial charge in [-0.1, -0.05) is 6.07 Å². The highest BCUT2D eigenvalue weighted by molar-refractivity contribution is 5.89. The second-order valence-corrected chi connectivity index (χ2v) is 8.85. The molecule has 6 atom stereocenters. The number of likely N-dealkylation sites (tertiary alicyclic amines) is 1. The van der Waals surface area contributed by atoms with Crippen LogP contribution in [0.1, 0.15) is 30.4 Å². The van der Waals surface area contributed by atoms with E-state index in [4.69, 9.17) is 29.9 Å². The summed E-state index contributed by atoms with van der Waals surface area (Å²) in [4.78, 5) is 34.7. The first kappa shape index (κ1) is 27.5. The normalized spacial score (nSPS) is 29.5. The number of carbonyl (C=O) groups excluding carboxylic acids is 1. The van der Waals surface area contributed by atoms with Gasteiger partial charge in [0.1, 0.15) is 0 Å². The topological polar surface area (TPSA) is 217 Å². The Morgan fingerprint density at radius 3 is 2.35 bits per heavy atom. The quantitative estimate of drug-likeness (QED) is 0.373. The van der Waals surface area contributed by atoms with Gasteiger partial charge in [0, 0.05) is 23.4 Å². The van der Waals surface area contributed by atoms with Crippen molar-refractivity contribution in [2.75, 3.05) is 20.7 Å². The number of ether oxygens (including phenoxy) is 2. The van der Waals surface area contributed by atoms with Crippen molar-refractivity contribution in [3.8, 4) is 11.5 Å². The SMILES string of the molecule is COc1ccc2c3c1O[C@H]1C(=O)CC[C@H]4[C@@H](C2)N(C)CC[C@]314.O.O.O=C(O)C(O)C(O)C(=O)O. The zero-order chi connectivity index (χ0) is 23.4. The van der Waals surface area contributed by atoms with Crippen LogP contribution in [0.15, 0.2) is 12.1 Å². The van der Waals surface area contributed by atoms with Crippen LogP contribution in [0.2, 0.25) is 0 Å². The summed E-state index contributed by atoms with van der Waals surface area (Å²) in [5, 5.41) is 32.5. The molecule has 1 saturated heterocycles. The maximum absolute atomic E-state index is 12.6. The van der Waals surface area contributed by atoms with Crippen molar-refractivity contribution in [1.82, 2.24) is 4.90 Å². The lowest BCUT2D eigenvalue weighted by Crippen LogP contribution is -2.65. The predicted molar refractivity (Wildman–Crippen MR) is 116 cm³/mol. The molecule has 190 valence electrons. The van der Waals surface area contributed by atoms with Gasteiger partial charge in [-0.25, -0.2) is 9.59 Å². The minimum atomic E-state index is -2.27. The number of hydrogen-bond acceptors (Lipinski definition) is 8. The highest BCUT2D eigenvalue weighted by atomic mass is 16.5. The van der Waals surface area contributed by atoms with Crippen LogP contribution in [0, 0.1) is 5.92 Å². The molecule has 8 N–H and O–H groups in total. The van der Waals surface area contributed by atoms with E-state index in [9.17, 15) is 14.4 Å². The first-order valence-electron chi connectivity index (χ1n) is 10.5. The maximum Gasteiger partial charge on any atom is 0.335 e. The van der Waals surface area contributed by atoms with Gasteiger partial charge in [0.25, 0.3) is 0 Å². The molecule has 1 aromatic carbocycles.